The van der Waals surface area contributed by atoms with Crippen LogP contribution in [0.15, 0.2) is 6.07 Å². The van der Waals surface area contributed by atoms with Gasteiger partial charge in [0.15, 0.2) is 0 Å². The molecule has 1 saturated heterocycles. The van der Waals surface area contributed by atoms with Gasteiger partial charge in [-0.1, -0.05) is 6.42 Å². The molecule has 3 unspecified atom stereocenters. The molecule has 2 aromatic heterocycles. The van der Waals surface area contributed by atoms with Crippen LogP contribution >= 0.6 is 0 Å². The van der Waals surface area contributed by atoms with Gasteiger partial charge >= 0.3 is 0 Å². The summed E-state index contributed by atoms with van der Waals surface area (Å²) in [6.45, 7) is 12.4. The molecule has 8 heteroatoms. The molecule has 4 heterocycles. The molecule has 0 spiro atoms. The highest BCUT2D eigenvalue weighted by Crippen LogP contribution is 2.51. The van der Waals surface area contributed by atoms with Gasteiger partial charge in [-0.2, -0.15) is 5.10 Å². The molecule has 6 rings (SSSR count). The van der Waals surface area contributed by atoms with Crippen LogP contribution in [-0.2, 0) is 24.2 Å². The minimum Gasteiger partial charge on any atom is -0.376 e. The normalized spacial score (nSPS) is 29.7. The number of rotatable bonds is 6. The topological polar surface area (TPSA) is 82.3 Å². The van der Waals surface area contributed by atoms with E-state index in [4.69, 9.17) is 15.2 Å². The van der Waals surface area contributed by atoms with Gasteiger partial charge in [0.25, 0.3) is 0 Å². The summed E-state index contributed by atoms with van der Waals surface area (Å²) in [5, 5.41) is 16.4. The quantitative estimate of drug-likeness (QED) is 0.545. The van der Waals surface area contributed by atoms with Crippen molar-refractivity contribution in [2.24, 2.45) is 11.3 Å². The number of ether oxygens (including phenoxy) is 1. The van der Waals surface area contributed by atoms with Gasteiger partial charge in [0.05, 0.1) is 29.7 Å². The number of nitrogens with one attached hydrogen (secondary N) is 2. The molecule has 4 atom stereocenters. The van der Waals surface area contributed by atoms with E-state index in [-0.39, 0.29) is 0 Å². The Hall–Kier alpha value is -2.45. The number of aromatic nitrogens is 3. The standard InChI is InChI=1S/C30H45N7O/c1-20-14-28(24(16-31)29(32-4)33-20)35-11-8-27-25(18-35)22(3)34-37(27)19-30-9-5-6-23(15-30)26(7-10-30)36-12-13-38-21(2)17-36/h14,16,21,23,26,31H,5-13,15,17-19H2,1-4H3,(H,32,33)/t21-,23?,26?,30?/m1/s1. The predicted molar refractivity (Wildman–Crippen MR) is 153 cm³/mol. The maximum atomic E-state index is 8.05. The molecule has 0 amide bonds. The van der Waals surface area contributed by atoms with Crippen molar-refractivity contribution in [1.29, 1.82) is 5.41 Å². The highest BCUT2D eigenvalue weighted by Gasteiger charge is 2.46. The number of fused-ring (bicyclic) bond motifs is 3. The van der Waals surface area contributed by atoms with Crippen molar-refractivity contribution < 1.29 is 4.74 Å². The van der Waals surface area contributed by atoms with Crippen LogP contribution in [0, 0.1) is 30.6 Å². The summed E-state index contributed by atoms with van der Waals surface area (Å²) in [5.74, 6) is 1.60. The molecule has 2 N–H and O–H groups in total. The van der Waals surface area contributed by atoms with Crippen LogP contribution in [0.25, 0.3) is 0 Å². The SMILES string of the molecule is CNc1nc(C)cc(N2CCc3c(c(C)nn3CC34CCCC(C3)C(N3CCO[C@H](C)C3)CC4)C2)c1C=N. The van der Waals surface area contributed by atoms with E-state index in [0.29, 0.717) is 11.5 Å². The lowest BCUT2D eigenvalue weighted by Gasteiger charge is -2.52. The Morgan fingerprint density at radius 1 is 1.24 bits per heavy atom. The van der Waals surface area contributed by atoms with E-state index in [1.807, 2.05) is 14.0 Å². The average molecular weight is 520 g/mol. The number of pyridine rings is 1. The van der Waals surface area contributed by atoms with Gasteiger partial charge in [0.2, 0.25) is 0 Å². The number of hydrogen-bond donors (Lipinski definition) is 2. The van der Waals surface area contributed by atoms with Crippen molar-refractivity contribution in [3.8, 4) is 0 Å². The third kappa shape index (κ3) is 4.64. The van der Waals surface area contributed by atoms with Crippen molar-refractivity contribution in [3.63, 3.8) is 0 Å². The van der Waals surface area contributed by atoms with E-state index in [1.54, 1.807) is 0 Å². The maximum absolute atomic E-state index is 8.05. The van der Waals surface area contributed by atoms with E-state index in [1.165, 1.54) is 61.7 Å². The zero-order valence-corrected chi connectivity index (χ0v) is 23.7. The first-order valence-corrected chi connectivity index (χ1v) is 14.8. The second kappa shape index (κ2) is 10.3. The smallest absolute Gasteiger partial charge is 0.136 e. The van der Waals surface area contributed by atoms with E-state index >= 15 is 0 Å². The van der Waals surface area contributed by atoms with Crippen LogP contribution in [0.3, 0.4) is 0 Å². The molecular formula is C30H45N7O. The largest absolute Gasteiger partial charge is 0.376 e. The van der Waals surface area contributed by atoms with Crippen LogP contribution in [0.2, 0.25) is 0 Å². The fourth-order valence-electron chi connectivity index (χ4n) is 8.17. The highest BCUT2D eigenvalue weighted by atomic mass is 16.5. The second-order valence-electron chi connectivity index (χ2n) is 12.4. The summed E-state index contributed by atoms with van der Waals surface area (Å²) in [4.78, 5) is 9.77. The second-order valence-corrected chi connectivity index (χ2v) is 12.4. The Bertz CT molecular complexity index is 1190. The first kappa shape index (κ1) is 25.8. The number of morpholine rings is 1. The third-order valence-corrected chi connectivity index (χ3v) is 9.94. The van der Waals surface area contributed by atoms with E-state index in [0.717, 1.165) is 80.5 Å². The number of hydrogen-bond acceptors (Lipinski definition) is 7. The Kier molecular flexibility index (Phi) is 6.97. The van der Waals surface area contributed by atoms with Gasteiger partial charge in [0.1, 0.15) is 5.82 Å². The van der Waals surface area contributed by atoms with E-state index in [2.05, 4.69) is 44.7 Å². The summed E-state index contributed by atoms with van der Waals surface area (Å²) in [6.07, 6.45) is 10.9. The molecule has 0 radical (unpaired) electrons. The molecule has 2 aliphatic carbocycles. The Morgan fingerprint density at radius 2 is 2.11 bits per heavy atom. The monoisotopic (exact) mass is 519 g/mol. The van der Waals surface area contributed by atoms with Crippen molar-refractivity contribution in [1.82, 2.24) is 19.7 Å². The summed E-state index contributed by atoms with van der Waals surface area (Å²) in [6, 6.07) is 2.87. The van der Waals surface area contributed by atoms with Gasteiger partial charge in [-0.25, -0.2) is 4.98 Å². The van der Waals surface area contributed by atoms with Crippen LogP contribution < -0.4 is 10.2 Å². The summed E-state index contributed by atoms with van der Waals surface area (Å²) in [7, 11) is 1.88. The molecule has 4 aliphatic rings. The number of aryl methyl sites for hydroxylation is 2. The summed E-state index contributed by atoms with van der Waals surface area (Å²) >= 11 is 0. The summed E-state index contributed by atoms with van der Waals surface area (Å²) < 4.78 is 8.26. The third-order valence-electron chi connectivity index (χ3n) is 9.94. The van der Waals surface area contributed by atoms with Crippen molar-refractivity contribution in [3.05, 3.63) is 34.3 Å². The van der Waals surface area contributed by atoms with Gasteiger partial charge in [0, 0.05) is 75.4 Å². The van der Waals surface area contributed by atoms with Gasteiger partial charge in [-0.05, 0) is 70.3 Å². The molecular weight excluding hydrogens is 474 g/mol. The molecule has 0 aromatic carbocycles. The Morgan fingerprint density at radius 3 is 2.89 bits per heavy atom. The van der Waals surface area contributed by atoms with Crippen LogP contribution in [0.1, 0.15) is 73.7 Å². The van der Waals surface area contributed by atoms with E-state index in [9.17, 15) is 0 Å². The molecule has 38 heavy (non-hydrogen) atoms. The van der Waals surface area contributed by atoms with Gasteiger partial charge in [-0.15, -0.1) is 0 Å². The fourth-order valence-corrected chi connectivity index (χ4v) is 8.17. The lowest BCUT2D eigenvalue weighted by molar-refractivity contribution is -0.0745. The minimum absolute atomic E-state index is 0.369. The molecule has 3 fully saturated rings. The van der Waals surface area contributed by atoms with Crippen molar-refractivity contribution in [2.75, 3.05) is 43.5 Å². The molecule has 2 aliphatic heterocycles. The molecule has 8 nitrogen and oxygen atoms in total. The van der Waals surface area contributed by atoms with Crippen LogP contribution in [0.5, 0.6) is 0 Å². The fraction of sp³-hybridized carbons (Fsp3) is 0.700. The lowest BCUT2D eigenvalue weighted by Crippen LogP contribution is -2.54. The lowest BCUT2D eigenvalue weighted by atomic mass is 9.60. The molecule has 2 saturated carbocycles. The maximum Gasteiger partial charge on any atom is 0.136 e. The molecule has 206 valence electrons. The number of anilines is 2. The Balaban J connectivity index is 1.20. The van der Waals surface area contributed by atoms with Crippen LogP contribution in [-0.4, -0.2) is 71.3 Å². The van der Waals surface area contributed by atoms with Crippen LogP contribution in [0.4, 0.5) is 11.5 Å². The zero-order valence-electron chi connectivity index (χ0n) is 23.7. The highest BCUT2D eigenvalue weighted by molar-refractivity contribution is 5.92. The van der Waals surface area contributed by atoms with Gasteiger partial charge in [-0.3, -0.25) is 9.58 Å². The molecule has 2 bridgehead atoms. The Labute approximate surface area is 227 Å². The minimum atomic E-state index is 0.369. The molecule has 2 aromatic rings. The zero-order chi connectivity index (χ0) is 26.4. The van der Waals surface area contributed by atoms with Crippen molar-refractivity contribution >= 4 is 17.7 Å². The van der Waals surface area contributed by atoms with E-state index < -0.39 is 0 Å². The predicted octanol–water partition coefficient (Wildman–Crippen LogP) is 4.56. The van der Waals surface area contributed by atoms with Crippen molar-refractivity contribution in [2.45, 2.75) is 91.0 Å². The average Bonchev–Trinajstić information content (AvgIpc) is 3.22. The first-order chi connectivity index (χ1) is 18.4. The number of nitrogens with zero attached hydrogens (tertiary/aromatic N) is 5. The first-order valence-electron chi connectivity index (χ1n) is 14.8. The van der Waals surface area contributed by atoms with Gasteiger partial charge < -0.3 is 20.4 Å². The summed E-state index contributed by atoms with van der Waals surface area (Å²) in [5.41, 5.74) is 7.33.